The van der Waals surface area contributed by atoms with E-state index in [0.717, 1.165) is 41.8 Å². The number of hydrogen-bond acceptors (Lipinski definition) is 4. The number of ether oxygens (including phenoxy) is 1. The summed E-state index contributed by atoms with van der Waals surface area (Å²) < 4.78 is 8.35. The lowest BCUT2D eigenvalue weighted by Gasteiger charge is -2.34. The monoisotopic (exact) mass is 502 g/mol. The average Bonchev–Trinajstić information content (AvgIpc) is 3.38. The first-order valence-electron chi connectivity index (χ1n) is 12.5. The fourth-order valence-electron chi connectivity index (χ4n) is 5.43. The van der Waals surface area contributed by atoms with Gasteiger partial charge in [0, 0.05) is 11.5 Å². The van der Waals surface area contributed by atoms with E-state index in [1.54, 1.807) is 10.8 Å². The van der Waals surface area contributed by atoms with Crippen LogP contribution in [0, 0.1) is 0 Å². The van der Waals surface area contributed by atoms with Crippen LogP contribution in [0.25, 0.3) is 23.1 Å². The zero-order valence-corrected chi connectivity index (χ0v) is 20.8. The zero-order valence-electron chi connectivity index (χ0n) is 20.0. The van der Waals surface area contributed by atoms with E-state index in [-0.39, 0.29) is 5.92 Å². The lowest BCUT2D eigenvalue weighted by atomic mass is 9.77. The highest BCUT2D eigenvalue weighted by Crippen LogP contribution is 2.49. The molecule has 180 valence electrons. The van der Waals surface area contributed by atoms with Crippen molar-refractivity contribution in [1.82, 2.24) is 19.6 Å². The molecule has 1 aliphatic heterocycles. The van der Waals surface area contributed by atoms with Crippen molar-refractivity contribution in [3.05, 3.63) is 130 Å². The second kappa shape index (κ2) is 9.02. The summed E-state index contributed by atoms with van der Waals surface area (Å²) >= 11 is 6.48. The van der Waals surface area contributed by atoms with Gasteiger partial charge >= 0.3 is 0 Å². The Morgan fingerprint density at radius 2 is 1.65 bits per heavy atom. The summed E-state index contributed by atoms with van der Waals surface area (Å²) in [6.45, 7) is 0. The number of fused-ring (bicyclic) bond motifs is 3. The molecule has 2 aromatic heterocycles. The molecule has 6 heteroatoms. The molecule has 0 amide bonds. The van der Waals surface area contributed by atoms with Gasteiger partial charge in [0.15, 0.2) is 11.5 Å². The molecule has 1 atom stereocenters. The molecule has 37 heavy (non-hydrogen) atoms. The van der Waals surface area contributed by atoms with E-state index in [1.807, 2.05) is 36.4 Å². The quantitative estimate of drug-likeness (QED) is 0.256. The second-order valence-corrected chi connectivity index (χ2v) is 9.79. The Labute approximate surface area is 219 Å². The normalized spacial score (nSPS) is 18.0. The van der Waals surface area contributed by atoms with Gasteiger partial charge in [0.25, 0.3) is 0 Å². The first kappa shape index (κ1) is 22.0. The number of hydrogen-bond donors (Lipinski definition) is 0. The van der Waals surface area contributed by atoms with Crippen LogP contribution in [0.2, 0.25) is 5.02 Å². The summed E-state index contributed by atoms with van der Waals surface area (Å²) in [4.78, 5) is 9.70. The second-order valence-electron chi connectivity index (χ2n) is 9.38. The Morgan fingerprint density at radius 1 is 0.892 bits per heavy atom. The molecule has 0 bridgehead atoms. The first-order valence-corrected chi connectivity index (χ1v) is 12.9. The number of halogens is 1. The third-order valence-corrected chi connectivity index (χ3v) is 7.42. The molecule has 0 saturated carbocycles. The molecular formula is C31H23ClN4O. The third kappa shape index (κ3) is 3.83. The van der Waals surface area contributed by atoms with Gasteiger partial charge in [-0.15, -0.1) is 5.10 Å². The van der Waals surface area contributed by atoms with Crippen molar-refractivity contribution in [3.63, 3.8) is 0 Å². The van der Waals surface area contributed by atoms with E-state index >= 15 is 0 Å². The van der Waals surface area contributed by atoms with Crippen LogP contribution in [0.15, 0.2) is 108 Å². The van der Waals surface area contributed by atoms with Crippen molar-refractivity contribution in [2.24, 2.45) is 0 Å². The van der Waals surface area contributed by atoms with Crippen LogP contribution in [-0.4, -0.2) is 19.6 Å². The lowest BCUT2D eigenvalue weighted by molar-refractivity contribution is 0.371. The Morgan fingerprint density at radius 3 is 2.46 bits per heavy atom. The molecule has 0 fully saturated rings. The average molecular weight is 503 g/mol. The number of allylic oxidation sites excluding steroid dienone is 2. The minimum atomic E-state index is -0.0288. The lowest BCUT2D eigenvalue weighted by Crippen LogP contribution is -2.22. The predicted molar refractivity (Wildman–Crippen MR) is 145 cm³/mol. The summed E-state index contributed by atoms with van der Waals surface area (Å²) in [5, 5.41) is 5.35. The van der Waals surface area contributed by atoms with E-state index in [0.29, 0.717) is 16.7 Å². The van der Waals surface area contributed by atoms with E-state index in [1.165, 1.54) is 22.3 Å². The summed E-state index contributed by atoms with van der Waals surface area (Å²) in [5.41, 5.74) is 7.31. The minimum Gasteiger partial charge on any atom is -0.438 e. The van der Waals surface area contributed by atoms with E-state index in [9.17, 15) is 0 Å². The molecule has 3 aromatic carbocycles. The maximum absolute atomic E-state index is 6.61. The van der Waals surface area contributed by atoms with E-state index < -0.39 is 0 Å². The SMILES string of the molecule is Clc1ccccc1-c1nc2c3c(ncn2n1)OC1=C(CCC/C1=C\c1ccccc1)[C@@H]3c1ccccc1. The standard InChI is InChI=1S/C31H23ClN4O/c32-25-17-8-7-15-23(25)29-34-30-27-26(21-12-5-2-6-13-21)24-16-9-14-22(18-20-10-3-1-4-11-20)28(24)37-31(27)33-19-36(30)35-29/h1-8,10-13,15,17-19,26H,9,14,16H2/b22-18+/t26-/m0/s1. The van der Waals surface area contributed by atoms with Crippen molar-refractivity contribution >= 4 is 23.3 Å². The van der Waals surface area contributed by atoms with Crippen LogP contribution < -0.4 is 4.74 Å². The molecule has 5 nitrogen and oxygen atoms in total. The minimum absolute atomic E-state index is 0.0288. The number of rotatable bonds is 3. The van der Waals surface area contributed by atoms with Gasteiger partial charge in [-0.3, -0.25) is 0 Å². The Balaban J connectivity index is 1.44. The third-order valence-electron chi connectivity index (χ3n) is 7.09. The molecule has 0 radical (unpaired) electrons. The van der Waals surface area contributed by atoms with E-state index in [4.69, 9.17) is 31.4 Å². The number of nitrogens with zero attached hydrogens (tertiary/aromatic N) is 4. The molecule has 0 N–H and O–H groups in total. The van der Waals surface area contributed by atoms with Gasteiger partial charge in [0.05, 0.1) is 10.6 Å². The largest absolute Gasteiger partial charge is 0.438 e. The summed E-state index contributed by atoms with van der Waals surface area (Å²) in [7, 11) is 0. The van der Waals surface area contributed by atoms with Crippen LogP contribution in [0.1, 0.15) is 41.9 Å². The Kier molecular flexibility index (Phi) is 5.37. The maximum atomic E-state index is 6.61. The first-order chi connectivity index (χ1) is 18.3. The molecule has 1 aliphatic carbocycles. The van der Waals surface area contributed by atoms with Gasteiger partial charge in [-0.2, -0.15) is 0 Å². The fraction of sp³-hybridized carbons (Fsp3) is 0.129. The topological polar surface area (TPSA) is 52.3 Å². The molecule has 0 unspecified atom stereocenters. The van der Waals surface area contributed by atoms with Crippen molar-refractivity contribution in [2.45, 2.75) is 25.2 Å². The molecule has 2 aliphatic rings. The highest BCUT2D eigenvalue weighted by atomic mass is 35.5. The Bertz CT molecular complexity index is 1690. The van der Waals surface area contributed by atoms with Gasteiger partial charge in [-0.1, -0.05) is 84.4 Å². The van der Waals surface area contributed by atoms with Crippen molar-refractivity contribution in [1.29, 1.82) is 0 Å². The highest BCUT2D eigenvalue weighted by Gasteiger charge is 2.37. The van der Waals surface area contributed by atoms with Gasteiger partial charge < -0.3 is 4.74 Å². The van der Waals surface area contributed by atoms with E-state index in [2.05, 4.69) is 54.6 Å². The molecule has 3 heterocycles. The molecule has 7 rings (SSSR count). The maximum Gasteiger partial charge on any atom is 0.228 e. The van der Waals surface area contributed by atoms with Crippen molar-refractivity contribution in [3.8, 4) is 17.3 Å². The Hall–Kier alpha value is -4.22. The van der Waals surface area contributed by atoms with Gasteiger partial charge in [0.1, 0.15) is 12.1 Å². The summed E-state index contributed by atoms with van der Waals surface area (Å²) in [5.74, 6) is 2.07. The zero-order chi connectivity index (χ0) is 24.8. The van der Waals surface area contributed by atoms with Gasteiger partial charge in [-0.25, -0.2) is 14.5 Å². The predicted octanol–water partition coefficient (Wildman–Crippen LogP) is 7.49. The van der Waals surface area contributed by atoms with Crippen molar-refractivity contribution in [2.75, 3.05) is 0 Å². The molecule has 0 saturated heterocycles. The highest BCUT2D eigenvalue weighted by molar-refractivity contribution is 6.33. The smallest absolute Gasteiger partial charge is 0.228 e. The van der Waals surface area contributed by atoms with Crippen LogP contribution in [0.3, 0.4) is 0 Å². The molecule has 5 aromatic rings. The number of benzene rings is 3. The van der Waals surface area contributed by atoms with Crippen LogP contribution >= 0.6 is 11.6 Å². The van der Waals surface area contributed by atoms with Crippen LogP contribution in [0.4, 0.5) is 0 Å². The van der Waals surface area contributed by atoms with Crippen LogP contribution in [-0.2, 0) is 0 Å². The fourth-order valence-corrected chi connectivity index (χ4v) is 5.65. The molecule has 0 spiro atoms. The van der Waals surface area contributed by atoms with Gasteiger partial charge in [-0.05, 0) is 59.7 Å². The van der Waals surface area contributed by atoms with Crippen molar-refractivity contribution < 1.29 is 4.74 Å². The van der Waals surface area contributed by atoms with Gasteiger partial charge in [0.2, 0.25) is 5.88 Å². The summed E-state index contributed by atoms with van der Waals surface area (Å²) in [6.07, 6.45) is 6.90. The summed E-state index contributed by atoms with van der Waals surface area (Å²) in [6, 6.07) is 28.6. The van der Waals surface area contributed by atoms with Crippen LogP contribution in [0.5, 0.6) is 5.88 Å². The molecular weight excluding hydrogens is 480 g/mol. The number of aromatic nitrogens is 4.